The van der Waals surface area contributed by atoms with Gasteiger partial charge in [0.05, 0.1) is 6.17 Å². The number of nitrogens with one attached hydrogen (secondary N) is 2. The van der Waals surface area contributed by atoms with E-state index in [9.17, 15) is 4.79 Å². The van der Waals surface area contributed by atoms with Gasteiger partial charge in [0.1, 0.15) is 5.50 Å². The van der Waals surface area contributed by atoms with Gasteiger partial charge in [-0.05, 0) is 0 Å². The number of urea groups is 1. The summed E-state index contributed by atoms with van der Waals surface area (Å²) in [6, 6.07) is -0.297. The molecule has 0 aliphatic carbocycles. The molecule has 2 unspecified atom stereocenters. The third-order valence-electron chi connectivity index (χ3n) is 1.07. The van der Waals surface area contributed by atoms with Crippen molar-refractivity contribution in [3.63, 3.8) is 0 Å². The third-order valence-corrected chi connectivity index (χ3v) is 1.35. The molecule has 1 fully saturated rings. The van der Waals surface area contributed by atoms with Gasteiger partial charge in [-0.25, -0.2) is 4.79 Å². The van der Waals surface area contributed by atoms with Gasteiger partial charge in [-0.3, -0.25) is 0 Å². The Kier molecular flexibility index (Phi) is 3.78. The van der Waals surface area contributed by atoms with Crippen molar-refractivity contribution < 1.29 is 4.79 Å². The number of carbonyl (C=O) groups is 1. The summed E-state index contributed by atoms with van der Waals surface area (Å²) < 4.78 is 0. The summed E-state index contributed by atoms with van der Waals surface area (Å²) in [4.78, 5) is 10.5. The summed E-state index contributed by atoms with van der Waals surface area (Å²) in [7, 11) is 0. The normalized spacial score (nSPS) is 31.6. The molecular formula is C4H9Cl2N3O. The smallest absolute Gasteiger partial charge is 0.317 e. The van der Waals surface area contributed by atoms with Crippen LogP contribution in [0.4, 0.5) is 4.79 Å². The number of amides is 2. The fourth-order valence-corrected chi connectivity index (χ4v) is 0.984. The van der Waals surface area contributed by atoms with Crippen molar-refractivity contribution in [2.45, 2.75) is 18.1 Å². The molecular weight excluding hydrogens is 177 g/mol. The van der Waals surface area contributed by atoms with Crippen LogP contribution >= 0.6 is 24.0 Å². The van der Waals surface area contributed by atoms with Crippen LogP contribution in [0.2, 0.25) is 0 Å². The number of rotatable bonds is 0. The minimum absolute atomic E-state index is 0. The molecule has 1 aliphatic heterocycles. The van der Waals surface area contributed by atoms with E-state index in [1.165, 1.54) is 0 Å². The Morgan fingerprint density at radius 1 is 1.60 bits per heavy atom. The van der Waals surface area contributed by atoms with Crippen LogP contribution in [-0.2, 0) is 0 Å². The topological polar surface area (TPSA) is 67.1 Å². The third kappa shape index (κ3) is 2.60. The van der Waals surface area contributed by atoms with E-state index >= 15 is 0 Å². The van der Waals surface area contributed by atoms with Gasteiger partial charge < -0.3 is 16.4 Å². The monoisotopic (exact) mass is 185 g/mol. The molecule has 1 aliphatic rings. The van der Waals surface area contributed by atoms with Gasteiger partial charge in [0.25, 0.3) is 0 Å². The number of hydrogen-bond acceptors (Lipinski definition) is 2. The maximum absolute atomic E-state index is 10.5. The number of alkyl halides is 1. The van der Waals surface area contributed by atoms with Crippen LogP contribution in [0.3, 0.4) is 0 Å². The van der Waals surface area contributed by atoms with E-state index in [4.69, 9.17) is 17.3 Å². The molecule has 4 N–H and O–H groups in total. The number of carbonyl (C=O) groups excluding carboxylic acids is 1. The molecule has 0 bridgehead atoms. The Hall–Kier alpha value is -0.190. The molecule has 0 radical (unpaired) electrons. The quantitative estimate of drug-likeness (QED) is 0.367. The first-order valence-electron chi connectivity index (χ1n) is 2.65. The van der Waals surface area contributed by atoms with Crippen molar-refractivity contribution >= 4 is 30.0 Å². The van der Waals surface area contributed by atoms with Gasteiger partial charge in [-0.2, -0.15) is 0 Å². The molecule has 0 aromatic rings. The molecule has 0 aromatic heterocycles. The molecule has 4 nitrogen and oxygen atoms in total. The molecule has 6 heteroatoms. The van der Waals surface area contributed by atoms with E-state index in [1.807, 2.05) is 0 Å². The molecule has 0 spiro atoms. The predicted octanol–water partition coefficient (Wildman–Crippen LogP) is -0.0392. The van der Waals surface area contributed by atoms with Gasteiger partial charge in [-0.15, -0.1) is 12.4 Å². The van der Waals surface area contributed by atoms with E-state index < -0.39 is 0 Å². The van der Waals surface area contributed by atoms with Crippen LogP contribution in [0.25, 0.3) is 0 Å². The highest BCUT2D eigenvalue weighted by atomic mass is 35.5. The van der Waals surface area contributed by atoms with E-state index in [1.54, 1.807) is 0 Å². The van der Waals surface area contributed by atoms with Crippen molar-refractivity contribution in [3.8, 4) is 0 Å². The van der Waals surface area contributed by atoms with Gasteiger partial charge in [0.15, 0.2) is 0 Å². The number of nitrogens with two attached hydrogens (primary N) is 1. The average Bonchev–Trinajstić information content (AvgIpc) is 1.59. The number of hydrogen-bond donors (Lipinski definition) is 3. The van der Waals surface area contributed by atoms with Crippen LogP contribution < -0.4 is 16.4 Å². The SMILES string of the molecule is Cl.NC1CC(Cl)NC(=O)N1. The molecule has 60 valence electrons. The lowest BCUT2D eigenvalue weighted by molar-refractivity contribution is 0.227. The first kappa shape index (κ1) is 9.81. The summed E-state index contributed by atoms with van der Waals surface area (Å²) in [6.45, 7) is 0. The first-order valence-corrected chi connectivity index (χ1v) is 3.09. The largest absolute Gasteiger partial charge is 0.323 e. The fraction of sp³-hybridized carbons (Fsp3) is 0.750. The summed E-state index contributed by atoms with van der Waals surface area (Å²) in [6.07, 6.45) is 0.258. The van der Waals surface area contributed by atoms with Gasteiger partial charge in [-0.1, -0.05) is 11.6 Å². The summed E-state index contributed by atoms with van der Waals surface area (Å²) in [5.41, 5.74) is 5.03. The average molecular weight is 186 g/mol. The van der Waals surface area contributed by atoms with E-state index in [0.717, 1.165) is 0 Å². The Bertz CT molecular complexity index is 120. The molecule has 2 amide bonds. The molecule has 0 aromatic carbocycles. The van der Waals surface area contributed by atoms with Gasteiger partial charge in [0.2, 0.25) is 0 Å². The first-order chi connectivity index (χ1) is 4.18. The van der Waals surface area contributed by atoms with Crippen LogP contribution in [0, 0.1) is 0 Å². The lowest BCUT2D eigenvalue weighted by Crippen LogP contribution is -2.56. The highest BCUT2D eigenvalue weighted by Crippen LogP contribution is 2.02. The van der Waals surface area contributed by atoms with Crippen LogP contribution in [0.5, 0.6) is 0 Å². The van der Waals surface area contributed by atoms with Crippen molar-refractivity contribution in [1.29, 1.82) is 0 Å². The lowest BCUT2D eigenvalue weighted by Gasteiger charge is -2.24. The minimum atomic E-state index is -0.325. The summed E-state index contributed by atoms with van der Waals surface area (Å²) in [5, 5.41) is 4.90. The second kappa shape index (κ2) is 3.85. The maximum atomic E-state index is 10.5. The molecule has 2 atom stereocenters. The zero-order valence-corrected chi connectivity index (χ0v) is 6.71. The van der Waals surface area contributed by atoms with Crippen LogP contribution in [-0.4, -0.2) is 17.7 Å². The Morgan fingerprint density at radius 3 is 2.60 bits per heavy atom. The zero-order valence-electron chi connectivity index (χ0n) is 5.13. The molecule has 10 heavy (non-hydrogen) atoms. The van der Waals surface area contributed by atoms with Gasteiger partial charge in [0, 0.05) is 6.42 Å². The van der Waals surface area contributed by atoms with E-state index in [-0.39, 0.29) is 30.1 Å². The van der Waals surface area contributed by atoms with Crippen LogP contribution in [0.15, 0.2) is 0 Å². The Labute approximate surface area is 69.9 Å². The molecule has 1 saturated heterocycles. The second-order valence-electron chi connectivity index (χ2n) is 1.93. The molecule has 1 heterocycles. The molecule has 1 rings (SSSR count). The van der Waals surface area contributed by atoms with Crippen LogP contribution in [0.1, 0.15) is 6.42 Å². The second-order valence-corrected chi connectivity index (χ2v) is 2.45. The standard InChI is InChI=1S/C4H8ClN3O.ClH/c5-2-1-3(6)8-4(9)7-2;/h2-3H,1,6H2,(H2,7,8,9);1H. The van der Waals surface area contributed by atoms with Crippen molar-refractivity contribution in [2.24, 2.45) is 5.73 Å². The highest BCUT2D eigenvalue weighted by Gasteiger charge is 2.20. The van der Waals surface area contributed by atoms with Gasteiger partial charge >= 0.3 is 6.03 Å². The molecule has 0 saturated carbocycles. The van der Waals surface area contributed by atoms with Crippen molar-refractivity contribution in [1.82, 2.24) is 10.6 Å². The fourth-order valence-electron chi connectivity index (χ4n) is 0.693. The summed E-state index contributed by atoms with van der Waals surface area (Å²) in [5.74, 6) is 0. The lowest BCUT2D eigenvalue weighted by atomic mass is 10.3. The van der Waals surface area contributed by atoms with Crippen molar-refractivity contribution in [3.05, 3.63) is 0 Å². The Morgan fingerprint density at radius 2 is 2.20 bits per heavy atom. The van der Waals surface area contributed by atoms with E-state index in [0.29, 0.717) is 6.42 Å². The Balaban J connectivity index is 0.000000810. The zero-order chi connectivity index (χ0) is 6.85. The van der Waals surface area contributed by atoms with E-state index in [2.05, 4.69) is 10.6 Å². The highest BCUT2D eigenvalue weighted by molar-refractivity contribution is 6.21. The predicted molar refractivity (Wildman–Crippen MR) is 41.1 cm³/mol. The van der Waals surface area contributed by atoms with Crippen molar-refractivity contribution in [2.75, 3.05) is 0 Å². The number of halogens is 2. The minimum Gasteiger partial charge on any atom is -0.323 e. The summed E-state index contributed by atoms with van der Waals surface area (Å²) >= 11 is 5.55. The maximum Gasteiger partial charge on any atom is 0.317 e.